The molecule has 0 unspecified atom stereocenters. The fraction of sp³-hybridized carbons (Fsp3) is 0.227. The van der Waals surface area contributed by atoms with Crippen molar-refractivity contribution < 1.29 is 23.9 Å². The van der Waals surface area contributed by atoms with Gasteiger partial charge in [-0.05, 0) is 48.7 Å². The summed E-state index contributed by atoms with van der Waals surface area (Å²) in [6, 6.07) is 14.2. The fourth-order valence-corrected chi connectivity index (χ4v) is 2.98. The number of H-pyrrole nitrogens is 1. The van der Waals surface area contributed by atoms with Crippen LogP contribution in [-0.2, 0) is 25.5 Å². The molecule has 2 aromatic carbocycles. The van der Waals surface area contributed by atoms with E-state index in [0.717, 1.165) is 22.9 Å². The van der Waals surface area contributed by atoms with Gasteiger partial charge in [0, 0.05) is 29.2 Å². The molecule has 3 aromatic rings. The molecule has 3 rings (SSSR count). The van der Waals surface area contributed by atoms with Gasteiger partial charge in [0.05, 0.1) is 12.7 Å². The van der Waals surface area contributed by atoms with Crippen molar-refractivity contribution in [2.75, 3.05) is 19.0 Å². The molecule has 0 aliphatic carbocycles. The van der Waals surface area contributed by atoms with E-state index in [1.165, 1.54) is 19.2 Å². The molecule has 29 heavy (non-hydrogen) atoms. The summed E-state index contributed by atoms with van der Waals surface area (Å²) >= 11 is 0. The number of rotatable bonds is 8. The molecule has 1 aromatic heterocycles. The molecule has 0 saturated heterocycles. The van der Waals surface area contributed by atoms with Gasteiger partial charge in [-0.2, -0.15) is 0 Å². The topological polar surface area (TPSA) is 97.5 Å². The number of para-hydroxylation sites is 1. The number of benzene rings is 2. The van der Waals surface area contributed by atoms with Crippen LogP contribution in [0, 0.1) is 0 Å². The molecular formula is C22H22N2O5. The Bertz CT molecular complexity index is 1010. The highest BCUT2D eigenvalue weighted by Gasteiger charge is 2.10. The van der Waals surface area contributed by atoms with Crippen LogP contribution in [0.1, 0.15) is 28.8 Å². The fourth-order valence-electron chi connectivity index (χ4n) is 2.98. The third-order valence-corrected chi connectivity index (χ3v) is 4.46. The van der Waals surface area contributed by atoms with Gasteiger partial charge in [-0.3, -0.25) is 9.59 Å². The number of aromatic nitrogens is 1. The summed E-state index contributed by atoms with van der Waals surface area (Å²) in [5.74, 6) is -1.31. The van der Waals surface area contributed by atoms with Gasteiger partial charge >= 0.3 is 11.9 Å². The van der Waals surface area contributed by atoms with E-state index in [9.17, 15) is 14.4 Å². The summed E-state index contributed by atoms with van der Waals surface area (Å²) in [4.78, 5) is 38.4. The second kappa shape index (κ2) is 9.54. The number of hydrogen-bond acceptors (Lipinski definition) is 5. The number of ether oxygens (including phenoxy) is 2. The molecule has 0 spiro atoms. The molecule has 1 amide bonds. The number of aromatic amines is 1. The number of esters is 2. The van der Waals surface area contributed by atoms with Gasteiger partial charge in [0.25, 0.3) is 5.91 Å². The van der Waals surface area contributed by atoms with Gasteiger partial charge in [0.15, 0.2) is 6.61 Å². The summed E-state index contributed by atoms with van der Waals surface area (Å²) in [5, 5.41) is 3.76. The van der Waals surface area contributed by atoms with Crippen LogP contribution in [0.3, 0.4) is 0 Å². The van der Waals surface area contributed by atoms with Crippen LogP contribution in [0.5, 0.6) is 0 Å². The molecule has 0 bridgehead atoms. The van der Waals surface area contributed by atoms with Crippen LogP contribution >= 0.6 is 0 Å². The van der Waals surface area contributed by atoms with Crippen LogP contribution < -0.4 is 5.32 Å². The molecule has 0 aliphatic rings. The van der Waals surface area contributed by atoms with Crippen LogP contribution in [0.15, 0.2) is 54.7 Å². The number of aryl methyl sites for hydroxylation is 1. The minimum atomic E-state index is -0.454. The van der Waals surface area contributed by atoms with Crippen LogP contribution in [0.4, 0.5) is 5.69 Å². The molecular weight excluding hydrogens is 372 g/mol. The monoisotopic (exact) mass is 394 g/mol. The first-order chi connectivity index (χ1) is 14.1. The predicted molar refractivity (Wildman–Crippen MR) is 109 cm³/mol. The van der Waals surface area contributed by atoms with Crippen LogP contribution in [-0.4, -0.2) is 36.5 Å². The number of methoxy groups -OCH3 is 1. The molecule has 0 aliphatic heterocycles. The van der Waals surface area contributed by atoms with E-state index in [-0.39, 0.29) is 13.0 Å². The maximum absolute atomic E-state index is 11.9. The predicted octanol–water partition coefficient (Wildman–Crippen LogP) is 3.46. The smallest absolute Gasteiger partial charge is 0.337 e. The van der Waals surface area contributed by atoms with Gasteiger partial charge in [-0.1, -0.05) is 18.2 Å². The summed E-state index contributed by atoms with van der Waals surface area (Å²) in [5.41, 5.74) is 3.10. The molecule has 0 fully saturated rings. The Labute approximate surface area is 168 Å². The molecule has 1 heterocycles. The van der Waals surface area contributed by atoms with E-state index in [1.807, 2.05) is 30.5 Å². The Kier molecular flexibility index (Phi) is 6.63. The lowest BCUT2D eigenvalue weighted by Gasteiger charge is -2.07. The minimum Gasteiger partial charge on any atom is -0.465 e. The average Bonchev–Trinajstić information content (AvgIpc) is 3.15. The summed E-state index contributed by atoms with van der Waals surface area (Å²) in [7, 11) is 1.30. The van der Waals surface area contributed by atoms with Gasteiger partial charge in [0.2, 0.25) is 0 Å². The number of carbonyl (C=O) groups is 3. The van der Waals surface area contributed by atoms with Crippen molar-refractivity contribution >= 4 is 34.4 Å². The third kappa shape index (κ3) is 5.44. The Morgan fingerprint density at radius 2 is 1.79 bits per heavy atom. The van der Waals surface area contributed by atoms with Gasteiger partial charge in [0.1, 0.15) is 0 Å². The summed E-state index contributed by atoms with van der Waals surface area (Å²) in [6.07, 6.45) is 3.57. The van der Waals surface area contributed by atoms with Crippen molar-refractivity contribution in [2.24, 2.45) is 0 Å². The van der Waals surface area contributed by atoms with Gasteiger partial charge in [-0.25, -0.2) is 4.79 Å². The first-order valence-electron chi connectivity index (χ1n) is 9.25. The van der Waals surface area contributed by atoms with Gasteiger partial charge < -0.3 is 19.8 Å². The Balaban J connectivity index is 1.38. The molecule has 0 saturated carbocycles. The minimum absolute atomic E-state index is 0.237. The second-order valence-corrected chi connectivity index (χ2v) is 6.49. The number of amides is 1. The number of anilines is 1. The van der Waals surface area contributed by atoms with Crippen molar-refractivity contribution in [3.05, 3.63) is 65.9 Å². The first-order valence-corrected chi connectivity index (χ1v) is 9.25. The van der Waals surface area contributed by atoms with E-state index in [1.54, 1.807) is 12.1 Å². The Morgan fingerprint density at radius 1 is 1.03 bits per heavy atom. The van der Waals surface area contributed by atoms with E-state index in [4.69, 9.17) is 4.74 Å². The molecule has 2 N–H and O–H groups in total. The highest BCUT2D eigenvalue weighted by molar-refractivity contribution is 5.94. The number of nitrogens with one attached hydrogen (secondary N) is 2. The maximum atomic E-state index is 11.9. The lowest BCUT2D eigenvalue weighted by Crippen LogP contribution is -2.20. The van der Waals surface area contributed by atoms with Crippen LogP contribution in [0.25, 0.3) is 10.9 Å². The van der Waals surface area contributed by atoms with E-state index >= 15 is 0 Å². The lowest BCUT2D eigenvalue weighted by atomic mass is 10.1. The first kappa shape index (κ1) is 20.1. The second-order valence-electron chi connectivity index (χ2n) is 6.49. The molecule has 7 heteroatoms. The van der Waals surface area contributed by atoms with Crippen molar-refractivity contribution in [3.8, 4) is 0 Å². The van der Waals surface area contributed by atoms with E-state index < -0.39 is 17.8 Å². The molecule has 0 atom stereocenters. The number of hydrogen-bond donors (Lipinski definition) is 2. The normalized spacial score (nSPS) is 10.5. The van der Waals surface area contributed by atoms with E-state index in [0.29, 0.717) is 17.7 Å². The largest absolute Gasteiger partial charge is 0.465 e. The van der Waals surface area contributed by atoms with Crippen LogP contribution in [0.2, 0.25) is 0 Å². The zero-order valence-electron chi connectivity index (χ0n) is 16.1. The maximum Gasteiger partial charge on any atom is 0.337 e. The summed E-state index contributed by atoms with van der Waals surface area (Å²) < 4.78 is 9.64. The average molecular weight is 394 g/mol. The Hall–Kier alpha value is -3.61. The van der Waals surface area contributed by atoms with Crippen molar-refractivity contribution in [1.82, 2.24) is 4.98 Å². The number of fused-ring (bicyclic) bond motifs is 1. The zero-order valence-corrected chi connectivity index (χ0v) is 16.1. The SMILES string of the molecule is COC(=O)c1ccc(NC(=O)COC(=O)CCCc2c[nH]c3ccccc23)cc1. The zero-order chi connectivity index (χ0) is 20.6. The molecule has 7 nitrogen and oxygen atoms in total. The highest BCUT2D eigenvalue weighted by atomic mass is 16.5. The summed E-state index contributed by atoms with van der Waals surface area (Å²) in [6.45, 7) is -0.356. The van der Waals surface area contributed by atoms with Crippen molar-refractivity contribution in [3.63, 3.8) is 0 Å². The molecule has 150 valence electrons. The number of carbonyl (C=O) groups excluding carboxylic acids is 3. The quantitative estimate of drug-likeness (QED) is 0.570. The lowest BCUT2D eigenvalue weighted by molar-refractivity contribution is -0.147. The van der Waals surface area contributed by atoms with Crippen molar-refractivity contribution in [2.45, 2.75) is 19.3 Å². The Morgan fingerprint density at radius 3 is 2.55 bits per heavy atom. The highest BCUT2D eigenvalue weighted by Crippen LogP contribution is 2.19. The van der Waals surface area contributed by atoms with E-state index in [2.05, 4.69) is 15.0 Å². The molecule has 0 radical (unpaired) electrons. The third-order valence-electron chi connectivity index (χ3n) is 4.46. The standard InChI is InChI=1S/C22H22N2O5/c1-28-22(27)15-9-11-17(12-10-15)24-20(25)14-29-21(26)8-4-5-16-13-23-19-7-3-2-6-18(16)19/h2-3,6-7,9-13,23H,4-5,8,14H2,1H3,(H,24,25). The van der Waals surface area contributed by atoms with Crippen molar-refractivity contribution in [1.29, 1.82) is 0 Å². The van der Waals surface area contributed by atoms with Gasteiger partial charge in [-0.15, -0.1) is 0 Å².